The molecule has 1 fully saturated rings. The van der Waals surface area contributed by atoms with Crippen LogP contribution >= 0.6 is 0 Å². The van der Waals surface area contributed by atoms with E-state index in [2.05, 4.69) is 25.5 Å². The maximum absolute atomic E-state index is 5.91. The highest BCUT2D eigenvalue weighted by molar-refractivity contribution is 5.80. The summed E-state index contributed by atoms with van der Waals surface area (Å²) in [6, 6.07) is 0. The minimum Gasteiger partial charge on any atom is -0.370 e. The average molecular weight is 360 g/mol. The molecule has 0 aromatic carbocycles. The lowest BCUT2D eigenvalue weighted by atomic mass is 10.1. The van der Waals surface area contributed by atoms with Crippen molar-refractivity contribution in [2.45, 2.75) is 32.8 Å². The fraction of sp³-hybridized carbons (Fsp3) is 0.611. The van der Waals surface area contributed by atoms with E-state index in [1.54, 1.807) is 4.68 Å². The molecule has 26 heavy (non-hydrogen) atoms. The molecular weight excluding hydrogens is 332 g/mol. The summed E-state index contributed by atoms with van der Waals surface area (Å²) in [4.78, 5) is 6.69. The first kappa shape index (κ1) is 18.4. The third-order valence-electron chi connectivity index (χ3n) is 4.74. The summed E-state index contributed by atoms with van der Waals surface area (Å²) in [5, 5.41) is 11.7. The number of hydrogen-bond acceptors (Lipinski definition) is 5. The van der Waals surface area contributed by atoms with Gasteiger partial charge in [-0.2, -0.15) is 5.10 Å². The SMILES string of the molecule is CN=C(NCCCc1c(C)noc1C)N1CCOC(c2cnn(C)c2)C1. The van der Waals surface area contributed by atoms with Gasteiger partial charge in [0.1, 0.15) is 11.9 Å². The molecule has 142 valence electrons. The standard InChI is InChI=1S/C18H28N6O2/c1-13-16(14(2)26-22-13)6-5-7-20-18(19-3)24-8-9-25-17(12-24)15-10-21-23(4)11-15/h10-11,17H,5-9,12H2,1-4H3,(H,19,20). The molecule has 3 rings (SSSR count). The fourth-order valence-electron chi connectivity index (χ4n) is 3.31. The first-order valence-electron chi connectivity index (χ1n) is 9.06. The molecule has 2 aromatic rings. The lowest BCUT2D eigenvalue weighted by molar-refractivity contribution is -0.00801. The van der Waals surface area contributed by atoms with Crippen molar-refractivity contribution in [3.05, 3.63) is 35.0 Å². The molecule has 1 atom stereocenters. The molecule has 0 aliphatic carbocycles. The Hall–Kier alpha value is -2.35. The predicted octanol–water partition coefficient (Wildman–Crippen LogP) is 1.61. The van der Waals surface area contributed by atoms with Crippen LogP contribution in [0.5, 0.6) is 0 Å². The van der Waals surface area contributed by atoms with Crippen LogP contribution in [0.1, 0.15) is 35.1 Å². The first-order chi connectivity index (χ1) is 12.6. The summed E-state index contributed by atoms with van der Waals surface area (Å²) in [5.41, 5.74) is 3.30. The van der Waals surface area contributed by atoms with Gasteiger partial charge < -0.3 is 19.5 Å². The summed E-state index contributed by atoms with van der Waals surface area (Å²) >= 11 is 0. The van der Waals surface area contributed by atoms with Crippen molar-refractivity contribution in [1.82, 2.24) is 25.2 Å². The van der Waals surface area contributed by atoms with Gasteiger partial charge in [0.25, 0.3) is 0 Å². The minimum atomic E-state index is 0.0262. The Labute approximate surface area is 154 Å². The summed E-state index contributed by atoms with van der Waals surface area (Å²) in [6.45, 7) is 7.10. The number of hydrogen-bond donors (Lipinski definition) is 1. The number of guanidine groups is 1. The van der Waals surface area contributed by atoms with Gasteiger partial charge in [-0.15, -0.1) is 0 Å². The second-order valence-corrected chi connectivity index (χ2v) is 6.63. The van der Waals surface area contributed by atoms with Gasteiger partial charge >= 0.3 is 0 Å². The van der Waals surface area contributed by atoms with E-state index in [4.69, 9.17) is 9.26 Å². The molecule has 1 unspecified atom stereocenters. The second-order valence-electron chi connectivity index (χ2n) is 6.63. The van der Waals surface area contributed by atoms with Crippen LogP contribution in [-0.2, 0) is 18.2 Å². The van der Waals surface area contributed by atoms with E-state index in [0.717, 1.165) is 55.5 Å². The Bertz CT molecular complexity index is 731. The van der Waals surface area contributed by atoms with Crippen LogP contribution in [0.3, 0.4) is 0 Å². The number of ether oxygens (including phenoxy) is 1. The van der Waals surface area contributed by atoms with Crippen LogP contribution in [0, 0.1) is 13.8 Å². The Balaban J connectivity index is 1.50. The van der Waals surface area contributed by atoms with Crippen molar-refractivity contribution in [2.75, 3.05) is 33.3 Å². The van der Waals surface area contributed by atoms with Crippen molar-refractivity contribution >= 4 is 5.96 Å². The van der Waals surface area contributed by atoms with Crippen LogP contribution in [-0.4, -0.2) is 59.1 Å². The molecule has 1 N–H and O–H groups in total. The van der Waals surface area contributed by atoms with Gasteiger partial charge in [-0.1, -0.05) is 5.16 Å². The van der Waals surface area contributed by atoms with Crippen LogP contribution in [0.4, 0.5) is 0 Å². The van der Waals surface area contributed by atoms with Crippen molar-refractivity contribution in [1.29, 1.82) is 0 Å². The monoisotopic (exact) mass is 360 g/mol. The molecule has 1 aliphatic rings. The summed E-state index contributed by atoms with van der Waals surface area (Å²) in [6.07, 6.45) is 5.85. The summed E-state index contributed by atoms with van der Waals surface area (Å²) < 4.78 is 12.9. The number of nitrogens with one attached hydrogen (secondary N) is 1. The van der Waals surface area contributed by atoms with Gasteiger partial charge in [0, 0.05) is 44.5 Å². The van der Waals surface area contributed by atoms with Crippen molar-refractivity contribution in [3.8, 4) is 0 Å². The van der Waals surface area contributed by atoms with Gasteiger partial charge in [0.2, 0.25) is 0 Å². The maximum Gasteiger partial charge on any atom is 0.193 e. The molecule has 1 saturated heterocycles. The van der Waals surface area contributed by atoms with E-state index in [0.29, 0.717) is 6.61 Å². The van der Waals surface area contributed by atoms with Crippen molar-refractivity contribution in [3.63, 3.8) is 0 Å². The predicted molar refractivity (Wildman–Crippen MR) is 99.1 cm³/mol. The molecular formula is C18H28N6O2. The number of nitrogens with zero attached hydrogens (tertiary/aromatic N) is 5. The quantitative estimate of drug-likeness (QED) is 0.496. The summed E-state index contributed by atoms with van der Waals surface area (Å²) in [7, 11) is 3.74. The number of aromatic nitrogens is 3. The van der Waals surface area contributed by atoms with Crippen LogP contribution in [0.25, 0.3) is 0 Å². The molecule has 2 aromatic heterocycles. The van der Waals surface area contributed by atoms with Gasteiger partial charge in [0.15, 0.2) is 5.96 Å². The zero-order chi connectivity index (χ0) is 18.5. The third-order valence-corrected chi connectivity index (χ3v) is 4.74. The van der Waals surface area contributed by atoms with Crippen LogP contribution < -0.4 is 5.32 Å². The van der Waals surface area contributed by atoms with Gasteiger partial charge in [-0.05, 0) is 26.7 Å². The molecule has 0 amide bonds. The number of aryl methyl sites for hydroxylation is 3. The van der Waals surface area contributed by atoms with Gasteiger partial charge in [-0.25, -0.2) is 0 Å². The van der Waals surface area contributed by atoms with Crippen LogP contribution in [0.15, 0.2) is 21.9 Å². The van der Waals surface area contributed by atoms with E-state index in [-0.39, 0.29) is 6.10 Å². The molecule has 8 nitrogen and oxygen atoms in total. The Morgan fingerprint density at radius 3 is 2.92 bits per heavy atom. The van der Waals surface area contributed by atoms with Gasteiger partial charge in [-0.3, -0.25) is 9.67 Å². The second kappa shape index (κ2) is 8.35. The molecule has 0 bridgehead atoms. The summed E-state index contributed by atoms with van der Waals surface area (Å²) in [5.74, 6) is 1.83. The topological polar surface area (TPSA) is 80.7 Å². The molecule has 0 spiro atoms. The van der Waals surface area contributed by atoms with E-state index in [9.17, 15) is 0 Å². The zero-order valence-corrected chi connectivity index (χ0v) is 16.0. The Morgan fingerprint density at radius 1 is 1.42 bits per heavy atom. The Kier molecular flexibility index (Phi) is 5.92. The first-order valence-corrected chi connectivity index (χ1v) is 9.06. The lowest BCUT2D eigenvalue weighted by Crippen LogP contribution is -2.48. The normalized spacial score (nSPS) is 18.4. The fourth-order valence-corrected chi connectivity index (χ4v) is 3.31. The van der Waals surface area contributed by atoms with Gasteiger partial charge in [0.05, 0.1) is 25.0 Å². The molecule has 0 saturated carbocycles. The minimum absolute atomic E-state index is 0.0262. The molecule has 1 aliphatic heterocycles. The molecule has 0 radical (unpaired) electrons. The average Bonchev–Trinajstić information content (AvgIpc) is 3.22. The van der Waals surface area contributed by atoms with E-state index >= 15 is 0 Å². The number of aliphatic imine (C=N–C) groups is 1. The van der Waals surface area contributed by atoms with Crippen molar-refractivity contribution < 1.29 is 9.26 Å². The highest BCUT2D eigenvalue weighted by Crippen LogP contribution is 2.21. The third kappa shape index (κ3) is 4.24. The van der Waals surface area contributed by atoms with E-state index in [1.807, 2.05) is 40.3 Å². The zero-order valence-electron chi connectivity index (χ0n) is 16.0. The highest BCUT2D eigenvalue weighted by atomic mass is 16.5. The Morgan fingerprint density at radius 2 is 2.27 bits per heavy atom. The lowest BCUT2D eigenvalue weighted by Gasteiger charge is -2.34. The maximum atomic E-state index is 5.91. The van der Waals surface area contributed by atoms with Crippen LogP contribution in [0.2, 0.25) is 0 Å². The molecule has 3 heterocycles. The smallest absolute Gasteiger partial charge is 0.193 e. The van der Waals surface area contributed by atoms with E-state index in [1.165, 1.54) is 5.56 Å². The number of morpholine rings is 1. The largest absolute Gasteiger partial charge is 0.370 e. The van der Waals surface area contributed by atoms with E-state index < -0.39 is 0 Å². The van der Waals surface area contributed by atoms with Crippen molar-refractivity contribution in [2.24, 2.45) is 12.0 Å². The number of rotatable bonds is 5. The highest BCUT2D eigenvalue weighted by Gasteiger charge is 2.25. The molecule has 8 heteroatoms.